The Kier molecular flexibility index (Phi) is 4.71. The van der Waals surface area contributed by atoms with Gasteiger partial charge in [-0.2, -0.15) is 5.10 Å². The van der Waals surface area contributed by atoms with Crippen LogP contribution >= 0.6 is 11.3 Å². The number of anilines is 1. The van der Waals surface area contributed by atoms with E-state index in [0.717, 1.165) is 42.9 Å². The van der Waals surface area contributed by atoms with Gasteiger partial charge in [0, 0.05) is 37.3 Å². The van der Waals surface area contributed by atoms with Crippen LogP contribution in [0, 0.1) is 6.92 Å². The Labute approximate surface area is 141 Å². The summed E-state index contributed by atoms with van der Waals surface area (Å²) in [5, 5.41) is 7.40. The summed E-state index contributed by atoms with van der Waals surface area (Å²) in [5.74, 6) is 0.0680. The molecule has 0 aromatic carbocycles. The summed E-state index contributed by atoms with van der Waals surface area (Å²) in [6.45, 7) is 6.08. The maximum absolute atomic E-state index is 12.5. The first kappa shape index (κ1) is 16.1. The second kappa shape index (κ2) is 6.74. The van der Waals surface area contributed by atoms with Crippen LogP contribution < -0.4 is 10.2 Å². The number of nitrogens with zero attached hydrogens (tertiary/aromatic N) is 3. The van der Waals surface area contributed by atoms with Crippen molar-refractivity contribution in [2.24, 2.45) is 7.05 Å². The van der Waals surface area contributed by atoms with Gasteiger partial charge in [-0.05, 0) is 31.4 Å². The summed E-state index contributed by atoms with van der Waals surface area (Å²) in [6, 6.07) is 2.27. The molecule has 0 saturated carbocycles. The highest BCUT2D eigenvalue weighted by molar-refractivity contribution is 7.14. The molecule has 2 aromatic heterocycles. The van der Waals surface area contributed by atoms with Crippen LogP contribution in [0.2, 0.25) is 0 Å². The minimum absolute atomic E-state index is 0.0680. The summed E-state index contributed by atoms with van der Waals surface area (Å²) >= 11 is 1.61. The largest absolute Gasteiger partial charge is 0.367 e. The van der Waals surface area contributed by atoms with Crippen molar-refractivity contribution in [2.75, 3.05) is 18.0 Å². The van der Waals surface area contributed by atoms with Crippen LogP contribution in [0.1, 0.15) is 39.9 Å². The van der Waals surface area contributed by atoms with Crippen molar-refractivity contribution in [3.05, 3.63) is 33.8 Å². The Morgan fingerprint density at radius 2 is 2.35 bits per heavy atom. The number of hydrogen-bond acceptors (Lipinski definition) is 4. The average molecular weight is 332 g/mol. The molecule has 1 aliphatic rings. The van der Waals surface area contributed by atoms with Gasteiger partial charge < -0.3 is 10.2 Å². The Balaban J connectivity index is 1.59. The lowest BCUT2D eigenvalue weighted by Gasteiger charge is -2.16. The van der Waals surface area contributed by atoms with Crippen LogP contribution in [-0.2, 0) is 13.5 Å². The molecule has 1 amide bonds. The summed E-state index contributed by atoms with van der Waals surface area (Å²) < 4.78 is 1.81. The van der Waals surface area contributed by atoms with Crippen LogP contribution in [0.25, 0.3) is 0 Å². The molecule has 0 spiro atoms. The second-order valence-corrected chi connectivity index (χ2v) is 7.48. The van der Waals surface area contributed by atoms with Gasteiger partial charge in [0.15, 0.2) is 0 Å². The molecule has 124 valence electrons. The predicted octanol–water partition coefficient (Wildman–Crippen LogP) is 2.75. The molecule has 1 atom stereocenters. The van der Waals surface area contributed by atoms with Crippen molar-refractivity contribution >= 4 is 22.9 Å². The summed E-state index contributed by atoms with van der Waals surface area (Å²) in [7, 11) is 1.92. The third kappa shape index (κ3) is 3.58. The smallest absolute Gasteiger partial charge is 0.261 e. The molecule has 3 rings (SSSR count). The first-order chi connectivity index (χ1) is 11.1. The zero-order valence-electron chi connectivity index (χ0n) is 14.0. The van der Waals surface area contributed by atoms with Gasteiger partial charge in [0.25, 0.3) is 5.91 Å². The van der Waals surface area contributed by atoms with Gasteiger partial charge in [-0.25, -0.2) is 0 Å². The van der Waals surface area contributed by atoms with E-state index in [0.29, 0.717) is 0 Å². The number of aryl methyl sites for hydroxylation is 3. The number of hydrogen-bond donors (Lipinski definition) is 1. The lowest BCUT2D eigenvalue weighted by atomic mass is 10.1. The van der Waals surface area contributed by atoms with Crippen molar-refractivity contribution in [1.82, 2.24) is 15.1 Å². The minimum Gasteiger partial charge on any atom is -0.367 e. The molecular formula is C17H24N4OS. The molecule has 1 saturated heterocycles. The van der Waals surface area contributed by atoms with Gasteiger partial charge >= 0.3 is 0 Å². The van der Waals surface area contributed by atoms with E-state index in [1.807, 2.05) is 24.1 Å². The van der Waals surface area contributed by atoms with Gasteiger partial charge in [-0.15, -0.1) is 11.3 Å². The standard InChI is InChI=1S/C17H24N4OS/c1-4-5-13-8-16(23-12(13)2)17(22)19-14-6-7-21(10-14)15-9-18-20(3)11-15/h8-9,11,14H,4-7,10H2,1-3H3,(H,19,22)/t14-/m0/s1. The topological polar surface area (TPSA) is 50.2 Å². The van der Waals surface area contributed by atoms with Crippen LogP contribution in [0.5, 0.6) is 0 Å². The van der Waals surface area contributed by atoms with E-state index in [9.17, 15) is 4.79 Å². The number of carbonyl (C=O) groups excluding carboxylic acids is 1. The Hall–Kier alpha value is -1.82. The van der Waals surface area contributed by atoms with Crippen molar-refractivity contribution in [3.63, 3.8) is 0 Å². The number of carbonyl (C=O) groups is 1. The van der Waals surface area contributed by atoms with Gasteiger partial charge in [0.2, 0.25) is 0 Å². The third-order valence-electron chi connectivity index (χ3n) is 4.34. The molecule has 6 heteroatoms. The molecule has 3 heterocycles. The highest BCUT2D eigenvalue weighted by Crippen LogP contribution is 2.24. The molecule has 0 radical (unpaired) electrons. The Bertz CT molecular complexity index is 691. The van der Waals surface area contributed by atoms with Crippen LogP contribution in [0.4, 0.5) is 5.69 Å². The first-order valence-corrected chi connectivity index (χ1v) is 9.02. The number of thiophene rings is 1. The first-order valence-electron chi connectivity index (χ1n) is 8.20. The van der Waals surface area contributed by atoms with E-state index in [1.54, 1.807) is 11.3 Å². The summed E-state index contributed by atoms with van der Waals surface area (Å²) in [4.78, 5) is 16.9. The predicted molar refractivity (Wildman–Crippen MR) is 94.3 cm³/mol. The van der Waals surface area contributed by atoms with Crippen molar-refractivity contribution in [1.29, 1.82) is 0 Å². The number of rotatable bonds is 5. The van der Waals surface area contributed by atoms with E-state index in [1.165, 1.54) is 10.4 Å². The average Bonchev–Trinajstić information content (AvgIpc) is 3.21. The fourth-order valence-corrected chi connectivity index (χ4v) is 4.06. The molecule has 1 aliphatic heterocycles. The molecule has 2 aromatic rings. The second-order valence-electron chi connectivity index (χ2n) is 6.22. The van der Waals surface area contributed by atoms with E-state index in [2.05, 4.69) is 35.2 Å². The molecule has 0 unspecified atom stereocenters. The minimum atomic E-state index is 0.0680. The van der Waals surface area contributed by atoms with Crippen molar-refractivity contribution in [3.8, 4) is 0 Å². The van der Waals surface area contributed by atoms with Gasteiger partial charge in [0.05, 0.1) is 16.8 Å². The SMILES string of the molecule is CCCc1cc(C(=O)N[C@H]2CCN(c3cnn(C)c3)C2)sc1C. The fraction of sp³-hybridized carbons (Fsp3) is 0.529. The maximum Gasteiger partial charge on any atom is 0.261 e. The third-order valence-corrected chi connectivity index (χ3v) is 5.44. The maximum atomic E-state index is 12.5. The summed E-state index contributed by atoms with van der Waals surface area (Å²) in [6.07, 6.45) is 7.04. The highest BCUT2D eigenvalue weighted by atomic mass is 32.1. The molecule has 1 N–H and O–H groups in total. The van der Waals surface area contributed by atoms with E-state index in [-0.39, 0.29) is 11.9 Å². The molecule has 1 fully saturated rings. The zero-order chi connectivity index (χ0) is 16.4. The molecular weight excluding hydrogens is 308 g/mol. The quantitative estimate of drug-likeness (QED) is 0.916. The molecule has 0 bridgehead atoms. The fourth-order valence-electron chi connectivity index (χ4n) is 3.09. The lowest BCUT2D eigenvalue weighted by Crippen LogP contribution is -2.36. The highest BCUT2D eigenvalue weighted by Gasteiger charge is 2.25. The van der Waals surface area contributed by atoms with Crippen LogP contribution in [-0.4, -0.2) is 34.8 Å². The van der Waals surface area contributed by atoms with E-state index >= 15 is 0 Å². The van der Waals surface area contributed by atoms with Crippen LogP contribution in [0.3, 0.4) is 0 Å². The lowest BCUT2D eigenvalue weighted by molar-refractivity contribution is 0.0944. The Morgan fingerprint density at radius 1 is 1.52 bits per heavy atom. The number of aromatic nitrogens is 2. The zero-order valence-corrected chi connectivity index (χ0v) is 14.8. The van der Waals surface area contributed by atoms with E-state index < -0.39 is 0 Å². The molecule has 23 heavy (non-hydrogen) atoms. The Morgan fingerprint density at radius 3 is 3.04 bits per heavy atom. The molecule has 0 aliphatic carbocycles. The number of nitrogens with one attached hydrogen (secondary N) is 1. The summed E-state index contributed by atoms with van der Waals surface area (Å²) in [5.41, 5.74) is 2.44. The van der Waals surface area contributed by atoms with Gasteiger partial charge in [-0.1, -0.05) is 13.3 Å². The monoisotopic (exact) mass is 332 g/mol. The van der Waals surface area contributed by atoms with Crippen molar-refractivity contribution < 1.29 is 4.79 Å². The molecule has 5 nitrogen and oxygen atoms in total. The number of amides is 1. The van der Waals surface area contributed by atoms with Gasteiger partial charge in [0.1, 0.15) is 0 Å². The normalized spacial score (nSPS) is 17.7. The van der Waals surface area contributed by atoms with Crippen molar-refractivity contribution in [2.45, 2.75) is 39.2 Å². The van der Waals surface area contributed by atoms with E-state index in [4.69, 9.17) is 0 Å². The van der Waals surface area contributed by atoms with Gasteiger partial charge in [-0.3, -0.25) is 9.48 Å². The van der Waals surface area contributed by atoms with Crippen LogP contribution in [0.15, 0.2) is 18.5 Å².